The van der Waals surface area contributed by atoms with E-state index in [-0.39, 0.29) is 11.7 Å². The number of amides is 1. The second kappa shape index (κ2) is 7.61. The first-order chi connectivity index (χ1) is 12.2. The highest BCUT2D eigenvalue weighted by atomic mass is 16.5. The van der Waals surface area contributed by atoms with Crippen molar-refractivity contribution in [2.45, 2.75) is 13.3 Å². The highest BCUT2D eigenvalue weighted by Gasteiger charge is 2.18. The van der Waals surface area contributed by atoms with Gasteiger partial charge in [0, 0.05) is 12.1 Å². The maximum atomic E-state index is 12.3. The van der Waals surface area contributed by atoms with Gasteiger partial charge in [-0.1, -0.05) is 37.3 Å². The van der Waals surface area contributed by atoms with Crippen LogP contribution in [0.15, 0.2) is 54.6 Å². The zero-order valence-corrected chi connectivity index (χ0v) is 14.3. The molecule has 0 atom stereocenters. The van der Waals surface area contributed by atoms with E-state index in [1.165, 1.54) is 0 Å². The minimum atomic E-state index is -0.272. The number of methoxy groups -OCH3 is 1. The number of carbonyl (C=O) groups is 1. The van der Waals surface area contributed by atoms with Crippen molar-refractivity contribution in [3.05, 3.63) is 60.4 Å². The van der Waals surface area contributed by atoms with Crippen LogP contribution < -0.4 is 10.1 Å². The normalized spacial score (nSPS) is 10.5. The molecule has 6 heteroatoms. The van der Waals surface area contributed by atoms with Crippen LogP contribution in [0.3, 0.4) is 0 Å². The largest absolute Gasteiger partial charge is 0.497 e. The van der Waals surface area contributed by atoms with Gasteiger partial charge in [-0.2, -0.15) is 0 Å². The first kappa shape index (κ1) is 16.7. The van der Waals surface area contributed by atoms with Crippen LogP contribution in [0.4, 0.5) is 0 Å². The fourth-order valence-corrected chi connectivity index (χ4v) is 2.40. The number of nitrogens with one attached hydrogen (secondary N) is 1. The molecule has 0 saturated heterocycles. The maximum absolute atomic E-state index is 12.3. The third-order valence-corrected chi connectivity index (χ3v) is 3.69. The van der Waals surface area contributed by atoms with Crippen molar-refractivity contribution in [3.8, 4) is 22.8 Å². The molecule has 0 spiro atoms. The van der Waals surface area contributed by atoms with E-state index in [2.05, 4.69) is 15.4 Å². The van der Waals surface area contributed by atoms with Crippen LogP contribution in [0.2, 0.25) is 0 Å². The predicted octanol–water partition coefficient (Wildman–Crippen LogP) is 3.08. The highest BCUT2D eigenvalue weighted by Crippen LogP contribution is 2.22. The van der Waals surface area contributed by atoms with Crippen LogP contribution in [0.1, 0.15) is 24.0 Å². The third-order valence-electron chi connectivity index (χ3n) is 3.69. The van der Waals surface area contributed by atoms with Gasteiger partial charge < -0.3 is 10.1 Å². The molecule has 2 aromatic carbocycles. The van der Waals surface area contributed by atoms with E-state index in [0.29, 0.717) is 12.4 Å². The summed E-state index contributed by atoms with van der Waals surface area (Å²) in [7, 11) is 1.62. The standard InChI is InChI=1S/C19H20N4O2/c1-3-13-20-19(24)17-21-18(14-7-5-4-6-8-14)23(22-17)15-9-11-16(25-2)12-10-15/h4-12H,3,13H2,1-2H3,(H,20,24). The molecule has 1 aromatic heterocycles. The summed E-state index contributed by atoms with van der Waals surface area (Å²) in [6.07, 6.45) is 0.858. The predicted molar refractivity (Wildman–Crippen MR) is 96.0 cm³/mol. The van der Waals surface area contributed by atoms with E-state index >= 15 is 0 Å². The molecule has 0 aliphatic heterocycles. The molecule has 0 aliphatic carbocycles. The van der Waals surface area contributed by atoms with Crippen LogP contribution >= 0.6 is 0 Å². The van der Waals surface area contributed by atoms with Crippen LogP contribution in [-0.4, -0.2) is 34.3 Å². The summed E-state index contributed by atoms with van der Waals surface area (Å²) in [5.74, 6) is 1.26. The number of rotatable bonds is 6. The second-order valence-electron chi connectivity index (χ2n) is 5.49. The molecule has 0 fully saturated rings. The smallest absolute Gasteiger partial charge is 0.290 e. The Morgan fingerprint density at radius 2 is 1.84 bits per heavy atom. The molecule has 3 aromatic rings. The monoisotopic (exact) mass is 336 g/mol. The van der Waals surface area contributed by atoms with Gasteiger partial charge in [0.1, 0.15) is 5.75 Å². The van der Waals surface area contributed by atoms with Crippen molar-refractivity contribution in [3.63, 3.8) is 0 Å². The molecule has 0 saturated carbocycles. The van der Waals surface area contributed by atoms with E-state index in [1.807, 2.05) is 61.5 Å². The SMILES string of the molecule is CCCNC(=O)c1nc(-c2ccccc2)n(-c2ccc(OC)cc2)n1. The second-order valence-corrected chi connectivity index (χ2v) is 5.49. The van der Waals surface area contributed by atoms with Crippen molar-refractivity contribution in [1.29, 1.82) is 0 Å². The summed E-state index contributed by atoms with van der Waals surface area (Å²) in [6, 6.07) is 17.1. The Morgan fingerprint density at radius 3 is 2.48 bits per heavy atom. The van der Waals surface area contributed by atoms with Crippen molar-refractivity contribution >= 4 is 5.91 Å². The first-order valence-corrected chi connectivity index (χ1v) is 8.18. The zero-order chi connectivity index (χ0) is 17.6. The van der Waals surface area contributed by atoms with Gasteiger partial charge in [-0.25, -0.2) is 9.67 Å². The molecule has 1 heterocycles. The van der Waals surface area contributed by atoms with E-state index in [0.717, 1.165) is 23.4 Å². The Kier molecular flexibility index (Phi) is 5.09. The number of hydrogen-bond acceptors (Lipinski definition) is 4. The number of aromatic nitrogens is 3. The summed E-state index contributed by atoms with van der Waals surface area (Å²) in [4.78, 5) is 16.7. The summed E-state index contributed by atoms with van der Waals surface area (Å²) in [5, 5.41) is 7.23. The summed E-state index contributed by atoms with van der Waals surface area (Å²) >= 11 is 0. The lowest BCUT2D eigenvalue weighted by molar-refractivity contribution is 0.0943. The van der Waals surface area contributed by atoms with Gasteiger partial charge >= 0.3 is 0 Å². The van der Waals surface area contributed by atoms with Crippen molar-refractivity contribution in [1.82, 2.24) is 20.1 Å². The lowest BCUT2D eigenvalue weighted by Crippen LogP contribution is -2.25. The minimum absolute atomic E-state index is 0.156. The average molecular weight is 336 g/mol. The number of ether oxygens (including phenoxy) is 1. The van der Waals surface area contributed by atoms with Crippen LogP contribution in [0.25, 0.3) is 17.1 Å². The first-order valence-electron chi connectivity index (χ1n) is 8.18. The fraction of sp³-hybridized carbons (Fsp3) is 0.211. The zero-order valence-electron chi connectivity index (χ0n) is 14.3. The summed E-state index contributed by atoms with van der Waals surface area (Å²) < 4.78 is 6.87. The minimum Gasteiger partial charge on any atom is -0.497 e. The van der Waals surface area contributed by atoms with Gasteiger partial charge in [-0.3, -0.25) is 4.79 Å². The van der Waals surface area contributed by atoms with E-state index in [4.69, 9.17) is 4.74 Å². The van der Waals surface area contributed by atoms with E-state index in [9.17, 15) is 4.79 Å². The molecule has 1 N–H and O–H groups in total. The van der Waals surface area contributed by atoms with Crippen LogP contribution in [-0.2, 0) is 0 Å². The molecule has 0 aliphatic rings. The number of carbonyl (C=O) groups excluding carboxylic acids is 1. The van der Waals surface area contributed by atoms with E-state index < -0.39 is 0 Å². The Balaban J connectivity index is 2.04. The van der Waals surface area contributed by atoms with E-state index in [1.54, 1.807) is 11.8 Å². The fourth-order valence-electron chi connectivity index (χ4n) is 2.40. The summed E-state index contributed by atoms with van der Waals surface area (Å²) in [6.45, 7) is 2.59. The Labute approximate surface area is 146 Å². The third kappa shape index (κ3) is 3.68. The lowest BCUT2D eigenvalue weighted by atomic mass is 10.2. The Morgan fingerprint density at radius 1 is 1.12 bits per heavy atom. The molecular weight excluding hydrogens is 316 g/mol. The van der Waals surface area contributed by atoms with Crippen LogP contribution in [0.5, 0.6) is 5.75 Å². The topological polar surface area (TPSA) is 69.0 Å². The number of benzene rings is 2. The molecule has 0 bridgehead atoms. The maximum Gasteiger partial charge on any atom is 0.290 e. The Hall–Kier alpha value is -3.15. The average Bonchev–Trinajstić information content (AvgIpc) is 3.12. The quantitative estimate of drug-likeness (QED) is 0.751. The van der Waals surface area contributed by atoms with Crippen molar-refractivity contribution in [2.24, 2.45) is 0 Å². The van der Waals surface area contributed by atoms with Gasteiger partial charge in [-0.15, -0.1) is 5.10 Å². The number of nitrogens with zero attached hydrogens (tertiary/aromatic N) is 3. The molecule has 6 nitrogen and oxygen atoms in total. The summed E-state index contributed by atoms with van der Waals surface area (Å²) in [5.41, 5.74) is 1.70. The molecule has 25 heavy (non-hydrogen) atoms. The van der Waals surface area contributed by atoms with Gasteiger partial charge in [0.15, 0.2) is 5.82 Å². The van der Waals surface area contributed by atoms with Gasteiger partial charge in [0.05, 0.1) is 12.8 Å². The molecular formula is C19H20N4O2. The molecule has 0 unspecified atom stereocenters. The van der Waals surface area contributed by atoms with Crippen LogP contribution in [0, 0.1) is 0 Å². The van der Waals surface area contributed by atoms with Gasteiger partial charge in [0.25, 0.3) is 5.91 Å². The Bertz CT molecular complexity index is 842. The molecule has 3 rings (SSSR count). The molecule has 1 amide bonds. The lowest BCUT2D eigenvalue weighted by Gasteiger charge is -2.07. The molecule has 128 valence electrons. The highest BCUT2D eigenvalue weighted by molar-refractivity contribution is 5.91. The van der Waals surface area contributed by atoms with Gasteiger partial charge in [0.2, 0.25) is 5.82 Å². The molecule has 0 radical (unpaired) electrons. The number of hydrogen-bond donors (Lipinski definition) is 1. The van der Waals surface area contributed by atoms with Crippen molar-refractivity contribution < 1.29 is 9.53 Å². The van der Waals surface area contributed by atoms with Crippen molar-refractivity contribution in [2.75, 3.05) is 13.7 Å². The van der Waals surface area contributed by atoms with Gasteiger partial charge in [-0.05, 0) is 30.7 Å².